The molecule has 0 N–H and O–H groups in total. The predicted octanol–water partition coefficient (Wildman–Crippen LogP) is 1.62. The third kappa shape index (κ3) is 1.72. The van der Waals surface area contributed by atoms with E-state index in [1.807, 2.05) is 31.6 Å². The molecule has 0 amide bonds. The molecule has 0 aromatic carbocycles. The predicted molar refractivity (Wildman–Crippen MR) is 68.7 cm³/mol. The highest BCUT2D eigenvalue weighted by atomic mass is 16.5. The molecule has 0 aliphatic rings. The summed E-state index contributed by atoms with van der Waals surface area (Å²) >= 11 is 0. The van der Waals surface area contributed by atoms with Gasteiger partial charge in [-0.3, -0.25) is 4.68 Å². The van der Waals surface area contributed by atoms with Gasteiger partial charge in [0.05, 0.1) is 19.0 Å². The third-order valence-electron chi connectivity index (χ3n) is 2.93. The van der Waals surface area contributed by atoms with Crippen LogP contribution in [-0.2, 0) is 7.05 Å². The standard InChI is InChI=1S/C13H11N5O/c1-17-4-3-11(16-17)9-5-12(19-2)13-10(6-14)7-15-18(13)8-9/h3-5,7-8H,1-2H3. The molecule has 0 unspecified atom stereocenters. The van der Waals surface area contributed by atoms with Gasteiger partial charge >= 0.3 is 0 Å². The fraction of sp³-hybridized carbons (Fsp3) is 0.154. The van der Waals surface area contributed by atoms with Crippen LogP contribution in [-0.4, -0.2) is 26.5 Å². The van der Waals surface area contributed by atoms with Gasteiger partial charge in [0.25, 0.3) is 0 Å². The van der Waals surface area contributed by atoms with Gasteiger partial charge in [0.2, 0.25) is 0 Å². The lowest BCUT2D eigenvalue weighted by molar-refractivity contribution is 0.417. The van der Waals surface area contributed by atoms with Gasteiger partial charge in [-0.1, -0.05) is 0 Å². The topological polar surface area (TPSA) is 68.1 Å². The van der Waals surface area contributed by atoms with Gasteiger partial charge in [-0.15, -0.1) is 0 Å². The minimum absolute atomic E-state index is 0.490. The van der Waals surface area contributed by atoms with Crippen LogP contribution in [0.3, 0.4) is 0 Å². The molecule has 3 aromatic heterocycles. The van der Waals surface area contributed by atoms with Crippen molar-refractivity contribution >= 4 is 5.52 Å². The number of methoxy groups -OCH3 is 1. The number of nitriles is 1. The van der Waals surface area contributed by atoms with E-state index in [0.717, 1.165) is 11.3 Å². The molecule has 0 saturated carbocycles. The van der Waals surface area contributed by atoms with Gasteiger partial charge in [-0.25, -0.2) is 4.52 Å². The summed E-state index contributed by atoms with van der Waals surface area (Å²) in [6.07, 6.45) is 5.23. The van der Waals surface area contributed by atoms with Crippen molar-refractivity contribution in [3.63, 3.8) is 0 Å². The highest BCUT2D eigenvalue weighted by Crippen LogP contribution is 2.28. The van der Waals surface area contributed by atoms with E-state index in [1.54, 1.807) is 16.3 Å². The van der Waals surface area contributed by atoms with Crippen molar-refractivity contribution in [3.8, 4) is 23.1 Å². The van der Waals surface area contributed by atoms with E-state index >= 15 is 0 Å². The first-order valence-corrected chi connectivity index (χ1v) is 5.68. The van der Waals surface area contributed by atoms with E-state index in [0.29, 0.717) is 16.8 Å². The Morgan fingerprint density at radius 1 is 1.42 bits per heavy atom. The molecular weight excluding hydrogens is 242 g/mol. The zero-order valence-corrected chi connectivity index (χ0v) is 10.5. The van der Waals surface area contributed by atoms with Crippen LogP contribution < -0.4 is 4.74 Å². The maximum Gasteiger partial charge on any atom is 0.146 e. The Hall–Kier alpha value is -2.81. The van der Waals surface area contributed by atoms with E-state index < -0.39 is 0 Å². The number of fused-ring (bicyclic) bond motifs is 1. The molecule has 19 heavy (non-hydrogen) atoms. The van der Waals surface area contributed by atoms with E-state index in [1.165, 1.54) is 6.20 Å². The molecule has 0 aliphatic heterocycles. The van der Waals surface area contributed by atoms with Gasteiger partial charge in [-0.05, 0) is 12.1 Å². The average Bonchev–Trinajstić information content (AvgIpc) is 3.03. The molecule has 0 aliphatic carbocycles. The summed E-state index contributed by atoms with van der Waals surface area (Å²) in [5.74, 6) is 0.609. The Balaban J connectivity index is 2.27. The monoisotopic (exact) mass is 253 g/mol. The summed E-state index contributed by atoms with van der Waals surface area (Å²) in [5.41, 5.74) is 2.88. The minimum atomic E-state index is 0.490. The van der Waals surface area contributed by atoms with Crippen molar-refractivity contribution in [2.45, 2.75) is 0 Å². The van der Waals surface area contributed by atoms with Gasteiger partial charge in [0.15, 0.2) is 0 Å². The Labute approximate surface area is 109 Å². The van der Waals surface area contributed by atoms with Crippen LogP contribution in [0.4, 0.5) is 0 Å². The summed E-state index contributed by atoms with van der Waals surface area (Å²) < 4.78 is 8.72. The van der Waals surface area contributed by atoms with Crippen LogP contribution in [0, 0.1) is 11.3 Å². The lowest BCUT2D eigenvalue weighted by Gasteiger charge is -2.06. The summed E-state index contributed by atoms with van der Waals surface area (Å²) in [6.45, 7) is 0. The van der Waals surface area contributed by atoms with Gasteiger partial charge < -0.3 is 4.74 Å². The fourth-order valence-corrected chi connectivity index (χ4v) is 2.03. The number of rotatable bonds is 2. The lowest BCUT2D eigenvalue weighted by atomic mass is 10.2. The summed E-state index contributed by atoms with van der Waals surface area (Å²) in [4.78, 5) is 0. The molecule has 0 atom stereocenters. The second-order valence-electron chi connectivity index (χ2n) is 4.14. The normalized spacial score (nSPS) is 10.6. The second kappa shape index (κ2) is 4.14. The number of pyridine rings is 1. The van der Waals surface area contributed by atoms with Gasteiger partial charge in [-0.2, -0.15) is 15.5 Å². The van der Waals surface area contributed by atoms with Gasteiger partial charge in [0, 0.05) is 25.0 Å². The van der Waals surface area contributed by atoms with E-state index in [2.05, 4.69) is 16.3 Å². The highest BCUT2D eigenvalue weighted by Gasteiger charge is 2.13. The van der Waals surface area contributed by atoms with Crippen LogP contribution in [0.2, 0.25) is 0 Å². The van der Waals surface area contributed by atoms with Crippen LogP contribution >= 0.6 is 0 Å². The summed E-state index contributed by atoms with van der Waals surface area (Å²) in [7, 11) is 3.44. The largest absolute Gasteiger partial charge is 0.494 e. The summed E-state index contributed by atoms with van der Waals surface area (Å²) in [6, 6.07) is 5.88. The molecule has 0 fully saturated rings. The van der Waals surface area contributed by atoms with Crippen LogP contribution in [0.15, 0.2) is 30.7 Å². The maximum atomic E-state index is 9.06. The Bertz CT molecular complexity index is 793. The minimum Gasteiger partial charge on any atom is -0.494 e. The average molecular weight is 253 g/mol. The van der Waals surface area contributed by atoms with Crippen molar-refractivity contribution in [2.24, 2.45) is 7.05 Å². The quantitative estimate of drug-likeness (QED) is 0.696. The van der Waals surface area contributed by atoms with Crippen LogP contribution in [0.5, 0.6) is 5.75 Å². The first kappa shape index (κ1) is 11.3. The zero-order chi connectivity index (χ0) is 13.4. The SMILES string of the molecule is COc1cc(-c2ccn(C)n2)cn2ncc(C#N)c12. The molecule has 3 aromatic rings. The van der Waals surface area contributed by atoms with E-state index in [9.17, 15) is 0 Å². The second-order valence-corrected chi connectivity index (χ2v) is 4.14. The number of aryl methyl sites for hydroxylation is 1. The number of aromatic nitrogens is 4. The van der Waals surface area contributed by atoms with Crippen molar-refractivity contribution < 1.29 is 4.74 Å². The molecule has 3 heterocycles. The first-order valence-electron chi connectivity index (χ1n) is 5.68. The zero-order valence-electron chi connectivity index (χ0n) is 10.5. The number of ether oxygens (including phenoxy) is 1. The number of hydrogen-bond acceptors (Lipinski definition) is 4. The van der Waals surface area contributed by atoms with Gasteiger partial charge in [0.1, 0.15) is 22.9 Å². The molecule has 94 valence electrons. The van der Waals surface area contributed by atoms with E-state index in [-0.39, 0.29) is 0 Å². The maximum absolute atomic E-state index is 9.06. The highest BCUT2D eigenvalue weighted by molar-refractivity contribution is 5.74. The number of hydrogen-bond donors (Lipinski definition) is 0. The molecule has 6 heteroatoms. The smallest absolute Gasteiger partial charge is 0.146 e. The van der Waals surface area contributed by atoms with Crippen molar-refractivity contribution in [1.82, 2.24) is 19.4 Å². The van der Waals surface area contributed by atoms with Crippen LogP contribution in [0.1, 0.15) is 5.56 Å². The Kier molecular flexibility index (Phi) is 2.46. The fourth-order valence-electron chi connectivity index (χ4n) is 2.03. The molecular formula is C13H11N5O. The molecule has 0 radical (unpaired) electrons. The summed E-state index contributed by atoms with van der Waals surface area (Å²) in [5, 5.41) is 17.6. The molecule has 3 rings (SSSR count). The van der Waals surface area contributed by atoms with Crippen LogP contribution in [0.25, 0.3) is 16.8 Å². The Morgan fingerprint density at radius 3 is 2.89 bits per heavy atom. The first-order chi connectivity index (χ1) is 9.22. The molecule has 0 bridgehead atoms. The molecule has 0 spiro atoms. The Morgan fingerprint density at radius 2 is 2.26 bits per heavy atom. The lowest BCUT2D eigenvalue weighted by Crippen LogP contribution is -1.95. The molecule has 6 nitrogen and oxygen atoms in total. The van der Waals surface area contributed by atoms with E-state index in [4.69, 9.17) is 10.00 Å². The van der Waals surface area contributed by atoms with Crippen molar-refractivity contribution in [3.05, 3.63) is 36.3 Å². The molecule has 0 saturated heterocycles. The third-order valence-corrected chi connectivity index (χ3v) is 2.93. The number of nitrogens with zero attached hydrogens (tertiary/aromatic N) is 5. The van der Waals surface area contributed by atoms with Crippen molar-refractivity contribution in [2.75, 3.05) is 7.11 Å². The van der Waals surface area contributed by atoms with Crippen molar-refractivity contribution in [1.29, 1.82) is 5.26 Å².